The molecule has 100 valence electrons. The Balaban J connectivity index is 1.99. The summed E-state index contributed by atoms with van der Waals surface area (Å²) >= 11 is 0. The van der Waals surface area contributed by atoms with Crippen LogP contribution in [0.1, 0.15) is 18.9 Å². The van der Waals surface area contributed by atoms with E-state index >= 15 is 0 Å². The van der Waals surface area contributed by atoms with Crippen molar-refractivity contribution in [1.29, 1.82) is 0 Å². The van der Waals surface area contributed by atoms with Crippen LogP contribution in [0.2, 0.25) is 0 Å². The van der Waals surface area contributed by atoms with Crippen LogP contribution >= 0.6 is 0 Å². The predicted molar refractivity (Wildman–Crippen MR) is 77.9 cm³/mol. The summed E-state index contributed by atoms with van der Waals surface area (Å²) < 4.78 is 0. The second kappa shape index (κ2) is 6.50. The van der Waals surface area contributed by atoms with E-state index in [1.165, 1.54) is 16.7 Å². The predicted octanol–water partition coefficient (Wildman–Crippen LogP) is 3.03. The number of hydrogen-bond donors (Lipinski definition) is 2. The molecule has 2 N–H and O–H groups in total. The van der Waals surface area contributed by atoms with Crippen molar-refractivity contribution in [2.24, 2.45) is 0 Å². The molecule has 0 bridgehead atoms. The van der Waals surface area contributed by atoms with Gasteiger partial charge in [0.25, 0.3) is 0 Å². The molecule has 2 rings (SSSR count). The first kappa shape index (κ1) is 13.8. The van der Waals surface area contributed by atoms with Crippen LogP contribution < -0.4 is 0 Å². The lowest BCUT2D eigenvalue weighted by atomic mass is 10.0. The molecule has 0 spiro atoms. The van der Waals surface area contributed by atoms with Crippen molar-refractivity contribution >= 4 is 0 Å². The summed E-state index contributed by atoms with van der Waals surface area (Å²) in [4.78, 5) is 0. The molecule has 0 saturated carbocycles. The van der Waals surface area contributed by atoms with Crippen LogP contribution in [-0.2, 0) is 6.42 Å². The van der Waals surface area contributed by atoms with Crippen LogP contribution in [0, 0.1) is 0 Å². The van der Waals surface area contributed by atoms with Crippen molar-refractivity contribution in [3.63, 3.8) is 0 Å². The Bertz CT molecular complexity index is 488. The maximum Gasteiger partial charge on any atom is 0.0799 e. The summed E-state index contributed by atoms with van der Waals surface area (Å²) in [5.41, 5.74) is 3.58. The van der Waals surface area contributed by atoms with Gasteiger partial charge in [-0.25, -0.2) is 0 Å². The Morgan fingerprint density at radius 2 is 1.42 bits per heavy atom. The lowest BCUT2D eigenvalue weighted by molar-refractivity contribution is 0.0265. The van der Waals surface area contributed by atoms with Gasteiger partial charge in [0.05, 0.1) is 12.2 Å². The van der Waals surface area contributed by atoms with Crippen molar-refractivity contribution in [2.45, 2.75) is 32.0 Å². The quantitative estimate of drug-likeness (QED) is 0.863. The molecule has 0 amide bonds. The minimum atomic E-state index is -0.663. The molecule has 19 heavy (non-hydrogen) atoms. The Hall–Kier alpha value is -1.64. The first-order valence-corrected chi connectivity index (χ1v) is 6.67. The second-order valence-corrected chi connectivity index (χ2v) is 4.91. The number of rotatable bonds is 5. The van der Waals surface area contributed by atoms with E-state index in [0.717, 1.165) is 6.42 Å². The monoisotopic (exact) mass is 256 g/mol. The molecular formula is C17H20O2. The van der Waals surface area contributed by atoms with Gasteiger partial charge in [-0.15, -0.1) is 0 Å². The van der Waals surface area contributed by atoms with Gasteiger partial charge in [0.15, 0.2) is 0 Å². The summed E-state index contributed by atoms with van der Waals surface area (Å²) in [5.74, 6) is 0. The van der Waals surface area contributed by atoms with Crippen LogP contribution in [0.3, 0.4) is 0 Å². The molecule has 2 aromatic carbocycles. The lowest BCUT2D eigenvalue weighted by Gasteiger charge is -2.13. The summed E-state index contributed by atoms with van der Waals surface area (Å²) in [6.45, 7) is 1.61. The van der Waals surface area contributed by atoms with Crippen LogP contribution in [0.5, 0.6) is 0 Å². The molecule has 2 atom stereocenters. The van der Waals surface area contributed by atoms with E-state index < -0.39 is 12.2 Å². The Morgan fingerprint density at radius 3 is 2.00 bits per heavy atom. The lowest BCUT2D eigenvalue weighted by Crippen LogP contribution is -2.22. The van der Waals surface area contributed by atoms with Crippen molar-refractivity contribution < 1.29 is 10.2 Å². The molecule has 2 nitrogen and oxygen atoms in total. The molecule has 0 aliphatic carbocycles. The van der Waals surface area contributed by atoms with Crippen molar-refractivity contribution in [3.05, 3.63) is 60.2 Å². The third-order valence-corrected chi connectivity index (χ3v) is 3.35. The molecule has 2 unspecified atom stereocenters. The average Bonchev–Trinajstić information content (AvgIpc) is 2.46. The SMILES string of the molecule is CC(O)C(O)CCc1ccc(-c2ccccc2)cc1. The molecule has 0 saturated heterocycles. The van der Waals surface area contributed by atoms with E-state index in [1.54, 1.807) is 6.92 Å². The van der Waals surface area contributed by atoms with Gasteiger partial charge in [-0.1, -0.05) is 54.6 Å². The van der Waals surface area contributed by atoms with Crippen molar-refractivity contribution in [2.75, 3.05) is 0 Å². The first-order valence-electron chi connectivity index (χ1n) is 6.67. The fourth-order valence-corrected chi connectivity index (χ4v) is 2.05. The normalized spacial score (nSPS) is 14.1. The zero-order valence-corrected chi connectivity index (χ0v) is 11.2. The summed E-state index contributed by atoms with van der Waals surface area (Å²) in [6.07, 6.45) is 0.0566. The van der Waals surface area contributed by atoms with Gasteiger partial charge >= 0.3 is 0 Å². The number of benzene rings is 2. The number of hydrogen-bond acceptors (Lipinski definition) is 2. The molecule has 0 aromatic heterocycles. The highest BCUT2D eigenvalue weighted by molar-refractivity contribution is 5.63. The molecule has 0 heterocycles. The third-order valence-electron chi connectivity index (χ3n) is 3.35. The molecular weight excluding hydrogens is 236 g/mol. The van der Waals surface area contributed by atoms with E-state index in [2.05, 4.69) is 36.4 Å². The zero-order chi connectivity index (χ0) is 13.7. The molecule has 0 radical (unpaired) electrons. The highest BCUT2D eigenvalue weighted by atomic mass is 16.3. The standard InChI is InChI=1S/C17H20O2/c1-13(18)17(19)12-9-14-7-10-16(11-8-14)15-5-3-2-4-6-15/h2-8,10-11,13,17-19H,9,12H2,1H3. The third kappa shape index (κ3) is 3.91. The van der Waals surface area contributed by atoms with Gasteiger partial charge < -0.3 is 10.2 Å². The second-order valence-electron chi connectivity index (χ2n) is 4.91. The van der Waals surface area contributed by atoms with Gasteiger partial charge in [-0.2, -0.15) is 0 Å². The van der Waals surface area contributed by atoms with E-state index in [-0.39, 0.29) is 0 Å². The van der Waals surface area contributed by atoms with E-state index in [9.17, 15) is 10.2 Å². The zero-order valence-electron chi connectivity index (χ0n) is 11.2. The van der Waals surface area contributed by atoms with Crippen molar-refractivity contribution in [3.8, 4) is 11.1 Å². The molecule has 2 heteroatoms. The molecule has 2 aromatic rings. The summed E-state index contributed by atoms with van der Waals surface area (Å²) in [7, 11) is 0. The maximum absolute atomic E-state index is 9.57. The minimum Gasteiger partial charge on any atom is -0.391 e. The average molecular weight is 256 g/mol. The first-order chi connectivity index (χ1) is 9.16. The van der Waals surface area contributed by atoms with Crippen LogP contribution in [0.4, 0.5) is 0 Å². The van der Waals surface area contributed by atoms with E-state index in [4.69, 9.17) is 0 Å². The summed E-state index contributed by atoms with van der Waals surface area (Å²) in [5, 5.41) is 18.8. The van der Waals surface area contributed by atoms with Crippen LogP contribution in [0.25, 0.3) is 11.1 Å². The fraction of sp³-hybridized carbons (Fsp3) is 0.294. The highest BCUT2D eigenvalue weighted by Crippen LogP contribution is 2.20. The van der Waals surface area contributed by atoms with Crippen LogP contribution in [0.15, 0.2) is 54.6 Å². The highest BCUT2D eigenvalue weighted by Gasteiger charge is 2.10. The van der Waals surface area contributed by atoms with Gasteiger partial charge in [-0.05, 0) is 36.5 Å². The van der Waals surface area contributed by atoms with Crippen molar-refractivity contribution in [1.82, 2.24) is 0 Å². The maximum atomic E-state index is 9.57. The Labute approximate surface area is 114 Å². The Kier molecular flexibility index (Phi) is 4.72. The van der Waals surface area contributed by atoms with Gasteiger partial charge in [0.2, 0.25) is 0 Å². The number of aliphatic hydroxyl groups excluding tert-OH is 2. The van der Waals surface area contributed by atoms with E-state index in [0.29, 0.717) is 6.42 Å². The molecule has 0 aliphatic heterocycles. The summed E-state index contributed by atoms with van der Waals surface area (Å²) in [6, 6.07) is 18.6. The minimum absolute atomic E-state index is 0.586. The van der Waals surface area contributed by atoms with E-state index in [1.807, 2.05) is 18.2 Å². The van der Waals surface area contributed by atoms with Gasteiger partial charge in [0.1, 0.15) is 0 Å². The number of aryl methyl sites for hydroxylation is 1. The molecule has 0 aliphatic rings. The number of aliphatic hydroxyl groups is 2. The smallest absolute Gasteiger partial charge is 0.0799 e. The largest absolute Gasteiger partial charge is 0.391 e. The van der Waals surface area contributed by atoms with Crippen LogP contribution in [-0.4, -0.2) is 22.4 Å². The van der Waals surface area contributed by atoms with Gasteiger partial charge in [-0.3, -0.25) is 0 Å². The Morgan fingerprint density at radius 1 is 0.842 bits per heavy atom. The topological polar surface area (TPSA) is 40.5 Å². The van der Waals surface area contributed by atoms with Gasteiger partial charge in [0, 0.05) is 0 Å². The fourth-order valence-electron chi connectivity index (χ4n) is 2.05. The molecule has 0 fully saturated rings.